The molecule has 1 saturated heterocycles. The molecule has 5 heteroatoms. The molecule has 1 N–H and O–H groups in total. The van der Waals surface area contributed by atoms with Gasteiger partial charge in [0.15, 0.2) is 0 Å². The minimum atomic E-state index is -0.441. The molecule has 0 radical (unpaired) electrons. The number of hydrogen-bond donors (Lipinski definition) is 1. The number of nitrogens with one attached hydrogen (secondary N) is 1. The fraction of sp³-hybridized carbons (Fsp3) is 0.263. The van der Waals surface area contributed by atoms with E-state index in [2.05, 4.69) is 5.32 Å². The Morgan fingerprint density at radius 1 is 1.12 bits per heavy atom. The Kier molecular flexibility index (Phi) is 4.90. The highest BCUT2D eigenvalue weighted by Crippen LogP contribution is 2.25. The van der Waals surface area contributed by atoms with Gasteiger partial charge in [-0.05, 0) is 37.6 Å². The van der Waals surface area contributed by atoms with Gasteiger partial charge in [0.1, 0.15) is 6.04 Å². The van der Waals surface area contributed by atoms with E-state index in [9.17, 15) is 9.59 Å². The van der Waals surface area contributed by atoms with Gasteiger partial charge >= 0.3 is 0 Å². The van der Waals surface area contributed by atoms with E-state index in [0.29, 0.717) is 17.2 Å². The third kappa shape index (κ3) is 3.46. The van der Waals surface area contributed by atoms with Crippen molar-refractivity contribution in [2.45, 2.75) is 19.9 Å². The molecule has 1 atom stereocenters. The van der Waals surface area contributed by atoms with E-state index in [1.165, 1.54) is 0 Å². The molecule has 24 heavy (non-hydrogen) atoms. The number of hydrogen-bond acceptors (Lipinski definition) is 3. The first-order valence-electron chi connectivity index (χ1n) is 7.88. The maximum atomic E-state index is 12.7. The summed E-state index contributed by atoms with van der Waals surface area (Å²) in [5.41, 5.74) is 3.59. The lowest BCUT2D eigenvalue weighted by atomic mass is 10.1. The zero-order chi connectivity index (χ0) is 17.1. The van der Waals surface area contributed by atoms with Gasteiger partial charge in [-0.2, -0.15) is 0 Å². The number of carbonyl (C=O) groups is 2. The van der Waals surface area contributed by atoms with Crippen LogP contribution in [-0.4, -0.2) is 34.4 Å². The van der Waals surface area contributed by atoms with Gasteiger partial charge in [-0.3, -0.25) is 9.59 Å². The predicted octanol–water partition coefficient (Wildman–Crippen LogP) is 3.46. The van der Waals surface area contributed by atoms with E-state index >= 15 is 0 Å². The highest BCUT2D eigenvalue weighted by Gasteiger charge is 2.35. The van der Waals surface area contributed by atoms with Gasteiger partial charge in [-0.1, -0.05) is 35.9 Å². The Bertz CT molecular complexity index is 761. The fourth-order valence-electron chi connectivity index (χ4n) is 2.78. The number of carbonyl (C=O) groups excluding carboxylic acids is 2. The molecule has 124 valence electrons. The number of nitrogens with zero attached hydrogens (tertiary/aromatic N) is 1. The molecule has 0 aliphatic carbocycles. The van der Waals surface area contributed by atoms with E-state index in [0.717, 1.165) is 16.8 Å². The smallest absolute Gasteiger partial charge is 0.255 e. The van der Waals surface area contributed by atoms with Crippen LogP contribution < -0.4 is 5.32 Å². The van der Waals surface area contributed by atoms with Crippen molar-refractivity contribution in [2.24, 2.45) is 0 Å². The van der Waals surface area contributed by atoms with Crippen LogP contribution in [0.3, 0.4) is 0 Å². The molecule has 1 heterocycles. The van der Waals surface area contributed by atoms with Crippen molar-refractivity contribution in [1.29, 1.82) is 0 Å². The van der Waals surface area contributed by atoms with E-state index in [4.69, 9.17) is 0 Å². The zero-order valence-electron chi connectivity index (χ0n) is 13.8. The topological polar surface area (TPSA) is 49.4 Å². The molecule has 0 bridgehead atoms. The molecule has 0 unspecified atom stereocenters. The molecule has 0 aromatic heterocycles. The molecule has 1 aliphatic heterocycles. The van der Waals surface area contributed by atoms with Gasteiger partial charge in [0, 0.05) is 17.0 Å². The van der Waals surface area contributed by atoms with Gasteiger partial charge in [0.2, 0.25) is 5.91 Å². The number of aryl methyl sites for hydroxylation is 2. The lowest BCUT2D eigenvalue weighted by Crippen LogP contribution is -2.44. The molecule has 0 saturated carbocycles. The van der Waals surface area contributed by atoms with Crippen LogP contribution in [0.1, 0.15) is 21.5 Å². The third-order valence-electron chi connectivity index (χ3n) is 4.11. The van der Waals surface area contributed by atoms with E-state index in [1.54, 1.807) is 28.8 Å². The normalized spacial score (nSPS) is 16.9. The van der Waals surface area contributed by atoms with Crippen LogP contribution in [0.4, 0.5) is 5.69 Å². The molecule has 4 nitrogen and oxygen atoms in total. The van der Waals surface area contributed by atoms with Crippen LogP contribution in [0.15, 0.2) is 48.5 Å². The largest absolute Gasteiger partial charge is 0.324 e. The second-order valence-corrected chi connectivity index (χ2v) is 6.96. The summed E-state index contributed by atoms with van der Waals surface area (Å²) in [6, 6.07) is 14.6. The SMILES string of the molecule is Cc1ccc(NC(=O)[C@@H]2CSCN2C(=O)c2ccccc2)c(C)c1. The molecule has 2 amide bonds. The first kappa shape index (κ1) is 16.6. The van der Waals surface area contributed by atoms with Crippen molar-refractivity contribution in [3.63, 3.8) is 0 Å². The second kappa shape index (κ2) is 7.09. The molecule has 1 aliphatic rings. The maximum absolute atomic E-state index is 12.7. The monoisotopic (exact) mass is 340 g/mol. The first-order chi connectivity index (χ1) is 11.6. The average molecular weight is 340 g/mol. The number of thioether (sulfide) groups is 1. The Morgan fingerprint density at radius 3 is 2.58 bits per heavy atom. The van der Waals surface area contributed by atoms with Crippen LogP contribution in [0.25, 0.3) is 0 Å². The van der Waals surface area contributed by atoms with Gasteiger partial charge in [0.05, 0.1) is 5.88 Å². The molecule has 0 spiro atoms. The van der Waals surface area contributed by atoms with Crippen molar-refractivity contribution in [2.75, 3.05) is 16.9 Å². The van der Waals surface area contributed by atoms with E-state index < -0.39 is 6.04 Å². The highest BCUT2D eigenvalue weighted by molar-refractivity contribution is 7.99. The van der Waals surface area contributed by atoms with Crippen LogP contribution in [0, 0.1) is 13.8 Å². The van der Waals surface area contributed by atoms with Gasteiger partial charge < -0.3 is 10.2 Å². The van der Waals surface area contributed by atoms with Crippen molar-refractivity contribution in [3.05, 3.63) is 65.2 Å². The van der Waals surface area contributed by atoms with Crippen LogP contribution in [0.2, 0.25) is 0 Å². The number of amides is 2. The lowest BCUT2D eigenvalue weighted by molar-refractivity contribution is -0.119. The lowest BCUT2D eigenvalue weighted by Gasteiger charge is -2.23. The van der Waals surface area contributed by atoms with Gasteiger partial charge in [-0.15, -0.1) is 11.8 Å². The predicted molar refractivity (Wildman–Crippen MR) is 98.3 cm³/mol. The summed E-state index contributed by atoms with van der Waals surface area (Å²) >= 11 is 1.60. The average Bonchev–Trinajstić information content (AvgIpc) is 3.07. The molecular weight excluding hydrogens is 320 g/mol. The number of benzene rings is 2. The minimum absolute atomic E-state index is 0.0959. The van der Waals surface area contributed by atoms with E-state index in [-0.39, 0.29) is 11.8 Å². The quantitative estimate of drug-likeness (QED) is 0.931. The Hall–Kier alpha value is -2.27. The summed E-state index contributed by atoms with van der Waals surface area (Å²) in [4.78, 5) is 27.0. The fourth-order valence-corrected chi connectivity index (χ4v) is 3.93. The molecule has 1 fully saturated rings. The van der Waals surface area contributed by atoms with Crippen molar-refractivity contribution >= 4 is 29.3 Å². The maximum Gasteiger partial charge on any atom is 0.255 e. The molecule has 2 aromatic carbocycles. The summed E-state index contributed by atoms with van der Waals surface area (Å²) < 4.78 is 0. The summed E-state index contributed by atoms with van der Waals surface area (Å²) in [6.45, 7) is 3.99. The van der Waals surface area contributed by atoms with Crippen LogP contribution in [-0.2, 0) is 4.79 Å². The van der Waals surface area contributed by atoms with Crippen molar-refractivity contribution < 1.29 is 9.59 Å². The first-order valence-corrected chi connectivity index (χ1v) is 9.03. The standard InChI is InChI=1S/C19H20N2O2S/c1-13-8-9-16(14(2)10-13)20-18(22)17-11-24-12-21(17)19(23)15-6-4-3-5-7-15/h3-10,17H,11-12H2,1-2H3,(H,20,22)/t17-/m0/s1. The Morgan fingerprint density at radius 2 is 1.88 bits per heavy atom. The van der Waals surface area contributed by atoms with Crippen LogP contribution in [0.5, 0.6) is 0 Å². The zero-order valence-corrected chi connectivity index (χ0v) is 14.6. The summed E-state index contributed by atoms with van der Waals surface area (Å²) in [5.74, 6) is 0.936. The molecule has 3 rings (SSSR count). The number of anilines is 1. The molecule has 2 aromatic rings. The summed E-state index contributed by atoms with van der Waals surface area (Å²) in [5, 5.41) is 2.97. The van der Waals surface area contributed by atoms with E-state index in [1.807, 2.05) is 50.2 Å². The third-order valence-corrected chi connectivity index (χ3v) is 5.12. The van der Waals surface area contributed by atoms with Crippen molar-refractivity contribution in [3.8, 4) is 0 Å². The second-order valence-electron chi connectivity index (χ2n) is 5.96. The minimum Gasteiger partial charge on any atom is -0.324 e. The highest BCUT2D eigenvalue weighted by atomic mass is 32.2. The summed E-state index contributed by atoms with van der Waals surface area (Å²) in [6.07, 6.45) is 0. The summed E-state index contributed by atoms with van der Waals surface area (Å²) in [7, 11) is 0. The molecular formula is C19H20N2O2S. The van der Waals surface area contributed by atoms with Crippen LogP contribution >= 0.6 is 11.8 Å². The van der Waals surface area contributed by atoms with Gasteiger partial charge in [0.25, 0.3) is 5.91 Å². The van der Waals surface area contributed by atoms with Gasteiger partial charge in [-0.25, -0.2) is 0 Å². The number of rotatable bonds is 3. The van der Waals surface area contributed by atoms with Crippen molar-refractivity contribution in [1.82, 2.24) is 4.90 Å². The Balaban J connectivity index is 1.75. The Labute approximate surface area is 146 Å².